The minimum Gasteiger partial charge on any atom is -0.205 e. The lowest BCUT2D eigenvalue weighted by atomic mass is 10.1. The van der Waals surface area contributed by atoms with Gasteiger partial charge in [0, 0.05) is 21.3 Å². The highest BCUT2D eigenvalue weighted by atomic mass is 35.5. The fourth-order valence-corrected chi connectivity index (χ4v) is 2.40. The van der Waals surface area contributed by atoms with Crippen molar-refractivity contribution in [2.75, 3.05) is 0 Å². The molecule has 1 aromatic heterocycles. The van der Waals surface area contributed by atoms with Crippen molar-refractivity contribution < 1.29 is 4.39 Å². The van der Waals surface area contributed by atoms with Gasteiger partial charge in [0.15, 0.2) is 0 Å². The summed E-state index contributed by atoms with van der Waals surface area (Å²) in [5, 5.41) is 10.7. The van der Waals surface area contributed by atoms with Crippen LogP contribution in [0.3, 0.4) is 0 Å². The van der Waals surface area contributed by atoms with Crippen LogP contribution < -0.4 is 0 Å². The van der Waals surface area contributed by atoms with Crippen LogP contribution in [0.2, 0.25) is 0 Å². The molecule has 0 spiro atoms. The van der Waals surface area contributed by atoms with Gasteiger partial charge in [0.05, 0.1) is 11.6 Å². The predicted molar refractivity (Wildman–Crippen MR) is 56.1 cm³/mol. The lowest BCUT2D eigenvalue weighted by Gasteiger charge is -1.98. The van der Waals surface area contributed by atoms with Crippen LogP contribution in [-0.4, -0.2) is 0 Å². The first-order valence-corrected chi connectivity index (χ1v) is 5.33. The summed E-state index contributed by atoms with van der Waals surface area (Å²) in [6.45, 7) is 0. The molecule has 0 radical (unpaired) electrons. The summed E-state index contributed by atoms with van der Waals surface area (Å²) in [7, 11) is 0. The Morgan fingerprint density at radius 3 is 2.93 bits per heavy atom. The van der Waals surface area contributed by atoms with Crippen molar-refractivity contribution in [2.24, 2.45) is 0 Å². The smallest absolute Gasteiger partial charge is 0.143 e. The van der Waals surface area contributed by atoms with Crippen molar-refractivity contribution in [3.63, 3.8) is 0 Å². The monoisotopic (exact) mass is 225 g/mol. The fraction of sp³-hybridized carbons (Fsp3) is 0.100. The Morgan fingerprint density at radius 1 is 1.50 bits per heavy atom. The standard InChI is InChI=1S/C10H5ClFNS/c11-3-6-1-7(4-13)10-8(12)5-14-9(10)2-6/h1-2,5H,3H2. The number of rotatable bonds is 1. The number of hydrogen-bond donors (Lipinski definition) is 0. The minimum atomic E-state index is -0.331. The Bertz CT molecular complexity index is 527. The van der Waals surface area contributed by atoms with Gasteiger partial charge in [0.25, 0.3) is 0 Å². The van der Waals surface area contributed by atoms with Gasteiger partial charge in [-0.3, -0.25) is 0 Å². The highest BCUT2D eigenvalue weighted by Gasteiger charge is 2.09. The van der Waals surface area contributed by atoms with E-state index in [1.54, 1.807) is 6.07 Å². The van der Waals surface area contributed by atoms with Crippen LogP contribution in [0, 0.1) is 17.1 Å². The van der Waals surface area contributed by atoms with E-state index in [1.165, 1.54) is 16.7 Å². The first-order chi connectivity index (χ1) is 6.76. The molecule has 2 rings (SSSR count). The molecule has 0 saturated heterocycles. The summed E-state index contributed by atoms with van der Waals surface area (Å²) < 4.78 is 14.0. The van der Waals surface area contributed by atoms with Crippen LogP contribution >= 0.6 is 22.9 Å². The fourth-order valence-electron chi connectivity index (χ4n) is 1.35. The lowest BCUT2D eigenvalue weighted by molar-refractivity contribution is 0.644. The number of fused-ring (bicyclic) bond motifs is 1. The Morgan fingerprint density at radius 2 is 2.29 bits per heavy atom. The number of nitrogens with zero attached hydrogens (tertiary/aromatic N) is 1. The number of alkyl halides is 1. The molecule has 1 heterocycles. The summed E-state index contributed by atoms with van der Waals surface area (Å²) in [5.74, 6) is 0.00658. The van der Waals surface area contributed by atoms with E-state index in [1.807, 2.05) is 12.1 Å². The van der Waals surface area contributed by atoms with E-state index in [-0.39, 0.29) is 5.82 Å². The van der Waals surface area contributed by atoms with E-state index in [4.69, 9.17) is 16.9 Å². The summed E-state index contributed by atoms with van der Waals surface area (Å²) in [5.41, 5.74) is 1.20. The number of halogens is 2. The number of hydrogen-bond acceptors (Lipinski definition) is 2. The van der Waals surface area contributed by atoms with E-state index >= 15 is 0 Å². The molecule has 0 fully saturated rings. The van der Waals surface area contributed by atoms with Crippen LogP contribution in [-0.2, 0) is 5.88 Å². The van der Waals surface area contributed by atoms with E-state index in [0.29, 0.717) is 16.8 Å². The zero-order valence-corrected chi connectivity index (χ0v) is 8.62. The van der Waals surface area contributed by atoms with Gasteiger partial charge in [-0.05, 0) is 17.7 Å². The first kappa shape index (κ1) is 9.45. The van der Waals surface area contributed by atoms with Crippen molar-refractivity contribution in [1.29, 1.82) is 5.26 Å². The molecule has 2 aromatic rings. The molecule has 0 aliphatic rings. The zero-order chi connectivity index (χ0) is 10.1. The van der Waals surface area contributed by atoms with Gasteiger partial charge < -0.3 is 0 Å². The van der Waals surface area contributed by atoms with E-state index in [2.05, 4.69) is 0 Å². The minimum absolute atomic E-state index is 0.331. The predicted octanol–water partition coefficient (Wildman–Crippen LogP) is 3.65. The maximum atomic E-state index is 13.3. The van der Waals surface area contributed by atoms with Gasteiger partial charge in [-0.15, -0.1) is 22.9 Å². The van der Waals surface area contributed by atoms with E-state index < -0.39 is 0 Å². The molecule has 70 valence electrons. The molecule has 0 saturated carbocycles. The van der Waals surface area contributed by atoms with Crippen molar-refractivity contribution in [3.8, 4) is 6.07 Å². The molecule has 0 atom stereocenters. The normalized spacial score (nSPS) is 10.4. The molecule has 14 heavy (non-hydrogen) atoms. The summed E-state index contributed by atoms with van der Waals surface area (Å²) in [6.07, 6.45) is 0. The summed E-state index contributed by atoms with van der Waals surface area (Å²) in [6, 6.07) is 5.43. The third-order valence-electron chi connectivity index (χ3n) is 1.96. The summed E-state index contributed by atoms with van der Waals surface area (Å²) >= 11 is 6.95. The Labute approximate surface area is 89.3 Å². The number of thiophene rings is 1. The number of benzene rings is 1. The molecule has 4 heteroatoms. The van der Waals surface area contributed by atoms with Gasteiger partial charge in [-0.25, -0.2) is 4.39 Å². The van der Waals surface area contributed by atoms with Gasteiger partial charge in [0.2, 0.25) is 0 Å². The molecule has 1 nitrogen and oxygen atoms in total. The quantitative estimate of drug-likeness (QED) is 0.680. The highest BCUT2D eigenvalue weighted by Crippen LogP contribution is 2.29. The topological polar surface area (TPSA) is 23.8 Å². The zero-order valence-electron chi connectivity index (χ0n) is 7.05. The van der Waals surface area contributed by atoms with Crippen molar-refractivity contribution in [1.82, 2.24) is 0 Å². The van der Waals surface area contributed by atoms with Crippen LogP contribution in [0.4, 0.5) is 4.39 Å². The Balaban J connectivity index is 2.84. The highest BCUT2D eigenvalue weighted by molar-refractivity contribution is 7.17. The third kappa shape index (κ3) is 1.37. The van der Waals surface area contributed by atoms with Gasteiger partial charge in [-0.2, -0.15) is 5.26 Å². The molecular formula is C10H5ClFNS. The molecule has 1 aromatic carbocycles. The number of nitriles is 1. The van der Waals surface area contributed by atoms with Crippen LogP contribution in [0.5, 0.6) is 0 Å². The SMILES string of the molecule is N#Cc1cc(CCl)cc2scc(F)c12. The first-order valence-electron chi connectivity index (χ1n) is 3.92. The largest absolute Gasteiger partial charge is 0.205 e. The van der Waals surface area contributed by atoms with Crippen molar-refractivity contribution in [2.45, 2.75) is 5.88 Å². The van der Waals surface area contributed by atoms with Crippen LogP contribution in [0.25, 0.3) is 10.1 Å². The van der Waals surface area contributed by atoms with Gasteiger partial charge in [-0.1, -0.05) is 0 Å². The van der Waals surface area contributed by atoms with E-state index in [0.717, 1.165) is 10.3 Å². The average molecular weight is 226 g/mol. The van der Waals surface area contributed by atoms with Crippen LogP contribution in [0.1, 0.15) is 11.1 Å². The molecule has 0 aliphatic heterocycles. The second kappa shape index (κ2) is 3.56. The molecule has 0 unspecified atom stereocenters. The maximum absolute atomic E-state index is 13.3. The third-order valence-corrected chi connectivity index (χ3v) is 3.17. The lowest BCUT2D eigenvalue weighted by Crippen LogP contribution is -1.83. The van der Waals surface area contributed by atoms with Crippen molar-refractivity contribution in [3.05, 3.63) is 34.5 Å². The van der Waals surface area contributed by atoms with E-state index in [9.17, 15) is 4.39 Å². The molecular weight excluding hydrogens is 221 g/mol. The molecule has 0 amide bonds. The Hall–Kier alpha value is -1.11. The Kier molecular flexibility index (Phi) is 2.40. The van der Waals surface area contributed by atoms with Crippen LogP contribution in [0.15, 0.2) is 17.5 Å². The average Bonchev–Trinajstić information content (AvgIpc) is 2.59. The molecule has 0 N–H and O–H groups in total. The van der Waals surface area contributed by atoms with Gasteiger partial charge in [0.1, 0.15) is 5.82 Å². The summed E-state index contributed by atoms with van der Waals surface area (Å²) in [4.78, 5) is 0. The second-order valence-corrected chi connectivity index (χ2v) is 4.02. The van der Waals surface area contributed by atoms with Gasteiger partial charge >= 0.3 is 0 Å². The maximum Gasteiger partial charge on any atom is 0.143 e. The van der Waals surface area contributed by atoms with Crippen molar-refractivity contribution >= 4 is 33.0 Å². The molecule has 0 aliphatic carbocycles. The second-order valence-electron chi connectivity index (χ2n) is 2.85. The molecule has 0 bridgehead atoms.